The van der Waals surface area contributed by atoms with E-state index in [1.165, 1.54) is 0 Å². The molecule has 3 heteroatoms. The molecule has 0 aliphatic carbocycles. The molecule has 0 rings (SSSR count). The van der Waals surface area contributed by atoms with Gasteiger partial charge in [-0.3, -0.25) is 4.79 Å². The first kappa shape index (κ1) is 15.2. The standard InChI is InChI=1S/C9H18NO.Y/c1-8(2)9(11)6-4-3-5-7-10;/h8,10H,3-7H2,1-2H3;/q-1;. The molecule has 69 valence electrons. The summed E-state index contributed by atoms with van der Waals surface area (Å²) in [5, 5.41) is 0. The Balaban J connectivity index is 0. The molecule has 2 nitrogen and oxygen atoms in total. The van der Waals surface area contributed by atoms with Crippen LogP contribution in [0, 0.1) is 5.92 Å². The largest absolute Gasteiger partial charge is 0.677 e. The third kappa shape index (κ3) is 8.83. The monoisotopic (exact) mass is 245 g/mol. The van der Waals surface area contributed by atoms with Crippen molar-refractivity contribution in [2.75, 3.05) is 6.54 Å². The predicted molar refractivity (Wildman–Crippen MR) is 47.5 cm³/mol. The maximum Gasteiger partial charge on any atom is 0.135 e. The number of hydrogen-bond donors (Lipinski definition) is 0. The Bertz CT molecular complexity index is 115. The molecule has 0 amide bonds. The fourth-order valence-corrected chi connectivity index (χ4v) is 0.890. The van der Waals surface area contributed by atoms with Crippen LogP contribution in [0.25, 0.3) is 5.73 Å². The van der Waals surface area contributed by atoms with E-state index in [4.69, 9.17) is 5.73 Å². The van der Waals surface area contributed by atoms with E-state index >= 15 is 0 Å². The van der Waals surface area contributed by atoms with Crippen LogP contribution in [0.1, 0.15) is 39.5 Å². The van der Waals surface area contributed by atoms with Crippen LogP contribution in [0.3, 0.4) is 0 Å². The molecule has 1 radical (unpaired) electrons. The Morgan fingerprint density at radius 3 is 2.25 bits per heavy atom. The van der Waals surface area contributed by atoms with E-state index in [0.29, 0.717) is 18.7 Å². The summed E-state index contributed by atoms with van der Waals surface area (Å²) >= 11 is 0. The first-order chi connectivity index (χ1) is 5.18. The van der Waals surface area contributed by atoms with Crippen molar-refractivity contribution >= 4 is 5.78 Å². The Hall–Kier alpha value is 0.734. The second-order valence-corrected chi connectivity index (χ2v) is 3.18. The third-order valence-corrected chi connectivity index (χ3v) is 1.74. The molecular weight excluding hydrogens is 227 g/mol. The minimum absolute atomic E-state index is 0. The molecule has 0 aromatic carbocycles. The second kappa shape index (κ2) is 9.82. The molecule has 0 saturated heterocycles. The van der Waals surface area contributed by atoms with Crippen molar-refractivity contribution in [3.8, 4) is 0 Å². The van der Waals surface area contributed by atoms with E-state index in [2.05, 4.69) is 0 Å². The number of nitrogens with one attached hydrogen (secondary N) is 1. The molecule has 0 saturated carbocycles. The second-order valence-electron chi connectivity index (χ2n) is 3.18. The van der Waals surface area contributed by atoms with Gasteiger partial charge in [0.15, 0.2) is 0 Å². The molecule has 0 aliphatic rings. The molecule has 0 aromatic heterocycles. The van der Waals surface area contributed by atoms with Gasteiger partial charge in [0.05, 0.1) is 0 Å². The molecule has 12 heavy (non-hydrogen) atoms. The van der Waals surface area contributed by atoms with Gasteiger partial charge in [-0.15, -0.1) is 0 Å². The summed E-state index contributed by atoms with van der Waals surface area (Å²) in [5.41, 5.74) is 6.89. The maximum atomic E-state index is 11.1. The van der Waals surface area contributed by atoms with Crippen molar-refractivity contribution in [2.45, 2.75) is 39.5 Å². The van der Waals surface area contributed by atoms with Gasteiger partial charge in [-0.1, -0.05) is 26.7 Å². The van der Waals surface area contributed by atoms with E-state index < -0.39 is 0 Å². The fraction of sp³-hybridized carbons (Fsp3) is 0.889. The minimum Gasteiger partial charge on any atom is -0.677 e. The van der Waals surface area contributed by atoms with Crippen molar-refractivity contribution in [2.24, 2.45) is 5.92 Å². The molecule has 0 unspecified atom stereocenters. The Labute approximate surface area is 101 Å². The summed E-state index contributed by atoms with van der Waals surface area (Å²) in [5.74, 6) is 0.543. The summed E-state index contributed by atoms with van der Waals surface area (Å²) < 4.78 is 0. The Morgan fingerprint density at radius 2 is 1.83 bits per heavy atom. The molecule has 1 N–H and O–H groups in total. The SMILES string of the molecule is CC(C)C(=O)CCCCC[NH-].[Y]. The number of ketones is 1. The van der Waals surface area contributed by atoms with E-state index in [1.807, 2.05) is 13.8 Å². The number of rotatable bonds is 6. The zero-order valence-electron chi connectivity index (χ0n) is 8.10. The summed E-state index contributed by atoms with van der Waals surface area (Å²) in [7, 11) is 0. The van der Waals surface area contributed by atoms with Gasteiger partial charge in [0.1, 0.15) is 5.78 Å². The first-order valence-corrected chi connectivity index (χ1v) is 4.35. The quantitative estimate of drug-likeness (QED) is 0.663. The maximum absolute atomic E-state index is 11.1. The summed E-state index contributed by atoms with van der Waals surface area (Å²) in [6.07, 6.45) is 3.64. The summed E-state index contributed by atoms with van der Waals surface area (Å²) in [4.78, 5) is 11.1. The van der Waals surface area contributed by atoms with Crippen molar-refractivity contribution in [3.63, 3.8) is 0 Å². The first-order valence-electron chi connectivity index (χ1n) is 4.35. The smallest absolute Gasteiger partial charge is 0.135 e. The number of carbonyl (C=O) groups excluding carboxylic acids is 1. The van der Waals surface area contributed by atoms with Crippen LogP contribution in [0.5, 0.6) is 0 Å². The normalized spacial score (nSPS) is 9.67. The van der Waals surface area contributed by atoms with E-state index in [0.717, 1.165) is 19.3 Å². The number of carbonyl (C=O) groups is 1. The predicted octanol–water partition coefficient (Wildman–Crippen LogP) is 2.82. The van der Waals surface area contributed by atoms with Gasteiger partial charge in [-0.2, -0.15) is 6.54 Å². The van der Waals surface area contributed by atoms with Crippen molar-refractivity contribution in [1.29, 1.82) is 0 Å². The van der Waals surface area contributed by atoms with Gasteiger partial charge in [0, 0.05) is 45.0 Å². The molecule has 0 aliphatic heterocycles. The van der Waals surface area contributed by atoms with E-state index in [-0.39, 0.29) is 38.6 Å². The molecule has 0 bridgehead atoms. The number of hydrogen-bond acceptors (Lipinski definition) is 1. The van der Waals surface area contributed by atoms with Crippen molar-refractivity contribution in [3.05, 3.63) is 5.73 Å². The number of unbranched alkanes of at least 4 members (excludes halogenated alkanes) is 2. The van der Waals surface area contributed by atoms with E-state index in [9.17, 15) is 4.79 Å². The average Bonchev–Trinajstić information content (AvgIpc) is 1.97. The van der Waals surface area contributed by atoms with Crippen LogP contribution in [-0.4, -0.2) is 12.3 Å². The molecule has 0 spiro atoms. The summed E-state index contributed by atoms with van der Waals surface area (Å²) in [6.45, 7) is 4.37. The van der Waals surface area contributed by atoms with Crippen LogP contribution in [0.15, 0.2) is 0 Å². The fourth-order valence-electron chi connectivity index (χ4n) is 0.890. The van der Waals surface area contributed by atoms with Crippen LogP contribution < -0.4 is 0 Å². The average molecular weight is 245 g/mol. The van der Waals surface area contributed by atoms with Crippen molar-refractivity contribution in [1.82, 2.24) is 0 Å². The van der Waals surface area contributed by atoms with Crippen LogP contribution in [0.4, 0.5) is 0 Å². The van der Waals surface area contributed by atoms with Gasteiger partial charge < -0.3 is 5.73 Å². The zero-order valence-corrected chi connectivity index (χ0v) is 10.9. The molecule has 0 aromatic rings. The summed E-state index contributed by atoms with van der Waals surface area (Å²) in [6, 6.07) is 0. The van der Waals surface area contributed by atoms with Gasteiger partial charge in [-0.25, -0.2) is 0 Å². The van der Waals surface area contributed by atoms with Crippen molar-refractivity contribution < 1.29 is 37.5 Å². The minimum atomic E-state index is 0. The van der Waals surface area contributed by atoms with Crippen LogP contribution >= 0.6 is 0 Å². The Kier molecular flexibility index (Phi) is 12.5. The molecule has 0 fully saturated rings. The topological polar surface area (TPSA) is 40.9 Å². The van der Waals surface area contributed by atoms with Gasteiger partial charge in [-0.05, 0) is 6.42 Å². The van der Waals surface area contributed by atoms with Gasteiger partial charge in [0.25, 0.3) is 0 Å². The van der Waals surface area contributed by atoms with Gasteiger partial charge >= 0.3 is 0 Å². The van der Waals surface area contributed by atoms with Gasteiger partial charge in [0.2, 0.25) is 0 Å². The van der Waals surface area contributed by atoms with Crippen LogP contribution in [-0.2, 0) is 37.5 Å². The van der Waals surface area contributed by atoms with Crippen LogP contribution in [0.2, 0.25) is 0 Å². The Morgan fingerprint density at radius 1 is 1.25 bits per heavy atom. The molecular formula is C9H18NOY-. The zero-order chi connectivity index (χ0) is 8.69. The molecule has 0 heterocycles. The third-order valence-electron chi connectivity index (χ3n) is 1.74. The number of Topliss-reactive ketones (excluding diaryl/α,β-unsaturated/α-hetero) is 1. The molecule has 0 atom stereocenters. The van der Waals surface area contributed by atoms with E-state index in [1.54, 1.807) is 0 Å².